The summed E-state index contributed by atoms with van der Waals surface area (Å²) >= 11 is 0. The fourth-order valence-corrected chi connectivity index (χ4v) is 1.66. The molecular formula is C13H17NO5. The van der Waals surface area contributed by atoms with Crippen molar-refractivity contribution >= 4 is 17.6 Å². The van der Waals surface area contributed by atoms with Crippen LogP contribution in [0.1, 0.15) is 23.7 Å². The lowest BCUT2D eigenvalue weighted by Crippen LogP contribution is -2.17. The number of aromatic hydroxyl groups is 1. The normalized spacial score (nSPS) is 11.9. The van der Waals surface area contributed by atoms with Crippen molar-refractivity contribution in [3.05, 3.63) is 23.8 Å². The van der Waals surface area contributed by atoms with Crippen molar-refractivity contribution in [3.8, 4) is 5.75 Å². The number of hydrogen-bond acceptors (Lipinski definition) is 4. The molecule has 0 aliphatic carbocycles. The third kappa shape index (κ3) is 4.59. The molecule has 0 aliphatic rings. The van der Waals surface area contributed by atoms with Crippen LogP contribution in [-0.4, -0.2) is 35.8 Å². The van der Waals surface area contributed by atoms with E-state index in [1.165, 1.54) is 18.2 Å². The van der Waals surface area contributed by atoms with Crippen LogP contribution in [0.2, 0.25) is 0 Å². The topological polar surface area (TPSA) is 95.9 Å². The fraction of sp³-hybridized carbons (Fsp3) is 0.385. The van der Waals surface area contributed by atoms with E-state index in [0.717, 1.165) is 0 Å². The predicted octanol–water partition coefficient (Wildman–Crippen LogP) is 1.70. The molecule has 0 spiro atoms. The Morgan fingerprint density at radius 1 is 1.42 bits per heavy atom. The van der Waals surface area contributed by atoms with Crippen LogP contribution in [0.4, 0.5) is 5.69 Å². The number of hydrogen-bond donors (Lipinski definition) is 3. The molecule has 19 heavy (non-hydrogen) atoms. The Kier molecular flexibility index (Phi) is 5.32. The molecule has 1 aromatic carbocycles. The summed E-state index contributed by atoms with van der Waals surface area (Å²) in [6.45, 7) is 2.35. The number of ether oxygens (including phenoxy) is 1. The minimum Gasteiger partial charge on any atom is -0.507 e. The third-order valence-corrected chi connectivity index (χ3v) is 2.50. The summed E-state index contributed by atoms with van der Waals surface area (Å²) in [5.41, 5.74) is 0.0903. The maximum absolute atomic E-state index is 11.7. The number of carbonyl (C=O) groups is 2. The smallest absolute Gasteiger partial charge is 0.339 e. The van der Waals surface area contributed by atoms with E-state index in [1.54, 1.807) is 7.11 Å². The van der Waals surface area contributed by atoms with Gasteiger partial charge in [-0.15, -0.1) is 0 Å². The van der Waals surface area contributed by atoms with Gasteiger partial charge in [-0.3, -0.25) is 4.79 Å². The van der Waals surface area contributed by atoms with Gasteiger partial charge in [0.2, 0.25) is 5.91 Å². The molecular weight excluding hydrogens is 250 g/mol. The van der Waals surface area contributed by atoms with E-state index in [0.29, 0.717) is 12.3 Å². The number of anilines is 1. The molecule has 1 aromatic rings. The number of methoxy groups -OCH3 is 1. The van der Waals surface area contributed by atoms with Gasteiger partial charge in [0.15, 0.2) is 0 Å². The molecule has 0 saturated heterocycles. The molecule has 104 valence electrons. The summed E-state index contributed by atoms with van der Waals surface area (Å²) in [4.78, 5) is 22.5. The molecule has 0 aromatic heterocycles. The van der Waals surface area contributed by atoms with Gasteiger partial charge >= 0.3 is 5.97 Å². The molecule has 0 saturated carbocycles. The van der Waals surface area contributed by atoms with Crippen LogP contribution >= 0.6 is 0 Å². The molecule has 0 aliphatic heterocycles. The molecule has 0 heterocycles. The Morgan fingerprint density at radius 3 is 2.68 bits per heavy atom. The van der Waals surface area contributed by atoms with Gasteiger partial charge in [0.05, 0.1) is 0 Å². The van der Waals surface area contributed by atoms with Crippen molar-refractivity contribution in [1.29, 1.82) is 0 Å². The highest BCUT2D eigenvalue weighted by atomic mass is 16.5. The first kappa shape index (κ1) is 15.0. The molecule has 6 heteroatoms. The number of rotatable bonds is 6. The lowest BCUT2D eigenvalue weighted by Gasteiger charge is -2.11. The highest BCUT2D eigenvalue weighted by Gasteiger charge is 2.13. The van der Waals surface area contributed by atoms with E-state index >= 15 is 0 Å². The maximum atomic E-state index is 11.7. The molecule has 1 atom stereocenters. The van der Waals surface area contributed by atoms with Gasteiger partial charge in [0.1, 0.15) is 11.3 Å². The highest BCUT2D eigenvalue weighted by Crippen LogP contribution is 2.21. The molecule has 3 N–H and O–H groups in total. The lowest BCUT2D eigenvalue weighted by molar-refractivity contribution is -0.117. The van der Waals surface area contributed by atoms with Crippen LogP contribution in [0.5, 0.6) is 5.75 Å². The van der Waals surface area contributed by atoms with Crippen molar-refractivity contribution in [2.45, 2.75) is 13.3 Å². The van der Waals surface area contributed by atoms with Crippen LogP contribution in [0, 0.1) is 5.92 Å². The molecule has 1 unspecified atom stereocenters. The molecule has 0 fully saturated rings. The Morgan fingerprint density at radius 2 is 2.11 bits per heavy atom. The Hall–Kier alpha value is -2.08. The summed E-state index contributed by atoms with van der Waals surface area (Å²) in [5, 5.41) is 20.8. The van der Waals surface area contributed by atoms with Crippen LogP contribution in [0.25, 0.3) is 0 Å². The summed E-state index contributed by atoms with van der Waals surface area (Å²) in [6.07, 6.45) is 0.275. The average Bonchev–Trinajstić information content (AvgIpc) is 2.31. The molecule has 1 rings (SSSR count). The van der Waals surface area contributed by atoms with Gasteiger partial charge in [-0.1, -0.05) is 6.92 Å². The summed E-state index contributed by atoms with van der Waals surface area (Å²) in [5.74, 6) is -1.74. The van der Waals surface area contributed by atoms with Crippen LogP contribution in [0.15, 0.2) is 18.2 Å². The van der Waals surface area contributed by atoms with Gasteiger partial charge in [-0.05, 0) is 24.1 Å². The zero-order valence-corrected chi connectivity index (χ0v) is 10.8. The van der Waals surface area contributed by atoms with E-state index in [-0.39, 0.29) is 29.6 Å². The Labute approximate surface area is 111 Å². The van der Waals surface area contributed by atoms with Crippen LogP contribution < -0.4 is 5.32 Å². The van der Waals surface area contributed by atoms with Crippen LogP contribution in [0.3, 0.4) is 0 Å². The van der Waals surface area contributed by atoms with Crippen molar-refractivity contribution in [2.24, 2.45) is 5.92 Å². The van der Waals surface area contributed by atoms with Gasteiger partial charge in [0, 0.05) is 25.8 Å². The van der Waals surface area contributed by atoms with E-state index in [1.807, 2.05) is 6.92 Å². The maximum Gasteiger partial charge on any atom is 0.339 e. The van der Waals surface area contributed by atoms with E-state index < -0.39 is 5.97 Å². The number of benzene rings is 1. The van der Waals surface area contributed by atoms with Crippen LogP contribution in [-0.2, 0) is 9.53 Å². The quantitative estimate of drug-likeness (QED) is 0.682. The van der Waals surface area contributed by atoms with Crippen molar-refractivity contribution in [1.82, 2.24) is 0 Å². The standard InChI is InChI=1S/C13H17NO5/c1-8(7-19-2)5-12(16)14-9-3-4-11(15)10(6-9)13(17)18/h3-4,6,8,15H,5,7H2,1-2H3,(H,14,16)(H,17,18). The zero-order chi connectivity index (χ0) is 14.4. The van der Waals surface area contributed by atoms with E-state index in [9.17, 15) is 14.7 Å². The van der Waals surface area contributed by atoms with Crippen molar-refractivity contribution in [2.75, 3.05) is 19.0 Å². The van der Waals surface area contributed by atoms with Gasteiger partial charge in [-0.25, -0.2) is 4.79 Å². The van der Waals surface area contributed by atoms with Crippen molar-refractivity contribution < 1.29 is 24.5 Å². The molecule has 0 radical (unpaired) electrons. The number of carboxylic acids is 1. The molecule has 1 amide bonds. The summed E-state index contributed by atoms with van der Waals surface area (Å²) in [7, 11) is 1.56. The number of amides is 1. The Bertz CT molecular complexity index is 472. The fourth-order valence-electron chi connectivity index (χ4n) is 1.66. The lowest BCUT2D eigenvalue weighted by atomic mass is 10.1. The second kappa shape index (κ2) is 6.75. The monoisotopic (exact) mass is 267 g/mol. The number of aromatic carboxylic acids is 1. The minimum absolute atomic E-state index is 0.0704. The number of phenols is 1. The van der Waals surface area contributed by atoms with E-state index in [2.05, 4.69) is 5.32 Å². The number of carbonyl (C=O) groups excluding carboxylic acids is 1. The Balaban J connectivity index is 2.69. The molecule has 0 bridgehead atoms. The number of nitrogens with one attached hydrogen (secondary N) is 1. The first-order valence-electron chi connectivity index (χ1n) is 5.79. The minimum atomic E-state index is -1.25. The first-order chi connectivity index (χ1) is 8.93. The predicted molar refractivity (Wildman–Crippen MR) is 69.4 cm³/mol. The average molecular weight is 267 g/mol. The van der Waals surface area contributed by atoms with Gasteiger partial charge in [-0.2, -0.15) is 0 Å². The second-order valence-corrected chi connectivity index (χ2v) is 4.35. The summed E-state index contributed by atoms with van der Waals surface area (Å²) in [6, 6.07) is 3.90. The summed E-state index contributed by atoms with van der Waals surface area (Å²) < 4.78 is 4.93. The van der Waals surface area contributed by atoms with Gasteiger partial charge in [0.25, 0.3) is 0 Å². The SMILES string of the molecule is COCC(C)CC(=O)Nc1ccc(O)c(C(=O)O)c1. The second-order valence-electron chi connectivity index (χ2n) is 4.35. The highest BCUT2D eigenvalue weighted by molar-refractivity contribution is 5.95. The first-order valence-corrected chi connectivity index (χ1v) is 5.79. The third-order valence-electron chi connectivity index (χ3n) is 2.50. The molecule has 6 nitrogen and oxygen atoms in total. The van der Waals surface area contributed by atoms with Crippen molar-refractivity contribution in [3.63, 3.8) is 0 Å². The number of carboxylic acid groups (broad SMARTS) is 1. The zero-order valence-electron chi connectivity index (χ0n) is 10.8. The van der Waals surface area contributed by atoms with Gasteiger partial charge < -0.3 is 20.3 Å². The largest absolute Gasteiger partial charge is 0.507 e. The van der Waals surface area contributed by atoms with E-state index in [4.69, 9.17) is 9.84 Å².